The molecule has 0 unspecified atom stereocenters. The Kier molecular flexibility index (Phi) is 4.64. The quantitative estimate of drug-likeness (QED) is 0.758. The van der Waals surface area contributed by atoms with Gasteiger partial charge in [-0.3, -0.25) is 0 Å². The van der Waals surface area contributed by atoms with E-state index in [1.165, 1.54) is 5.56 Å². The van der Waals surface area contributed by atoms with Crippen LogP contribution >= 0.6 is 0 Å². The van der Waals surface area contributed by atoms with Crippen LogP contribution in [0.5, 0.6) is 0 Å². The molecule has 0 atom stereocenters. The minimum atomic E-state index is 0.261. The zero-order chi connectivity index (χ0) is 18.8. The van der Waals surface area contributed by atoms with E-state index in [2.05, 4.69) is 43.1 Å². The Labute approximate surface area is 154 Å². The van der Waals surface area contributed by atoms with Crippen LogP contribution in [0.25, 0.3) is 22.4 Å². The van der Waals surface area contributed by atoms with E-state index >= 15 is 0 Å². The van der Waals surface area contributed by atoms with E-state index in [1.807, 2.05) is 49.3 Å². The van der Waals surface area contributed by atoms with Crippen LogP contribution in [0.1, 0.15) is 16.7 Å². The Hall–Kier alpha value is -3.32. The van der Waals surface area contributed by atoms with Crippen molar-refractivity contribution in [2.75, 3.05) is 24.7 Å². The molecule has 2 aromatic carbocycles. The van der Waals surface area contributed by atoms with Crippen molar-refractivity contribution in [1.29, 1.82) is 5.26 Å². The van der Waals surface area contributed by atoms with Gasteiger partial charge in [-0.15, -0.1) is 0 Å². The number of hydrogen-bond acceptors (Lipinski definition) is 4. The van der Waals surface area contributed by atoms with Crippen LogP contribution in [0.4, 0.5) is 11.5 Å². The first-order valence-corrected chi connectivity index (χ1v) is 8.46. The van der Waals surface area contributed by atoms with Gasteiger partial charge in [0.2, 0.25) is 0 Å². The zero-order valence-electron chi connectivity index (χ0n) is 15.5. The van der Waals surface area contributed by atoms with Crippen LogP contribution in [0, 0.1) is 25.2 Å². The number of rotatable bonds is 3. The fraction of sp³-hybridized carbons (Fsp3) is 0.182. The average molecular weight is 342 g/mol. The number of benzene rings is 2. The summed E-state index contributed by atoms with van der Waals surface area (Å²) in [5, 5.41) is 9.58. The standard InChI is InChI=1S/C22H22N4/c1-14-5-10-18(15(2)11-14)21-12-19(20(13-23)22(24)25-21)16-6-8-17(9-7-16)26(3)4/h5-12H,1-4H3,(H2,24,25). The van der Waals surface area contributed by atoms with Crippen molar-refractivity contribution in [2.45, 2.75) is 13.8 Å². The monoisotopic (exact) mass is 342 g/mol. The topological polar surface area (TPSA) is 65.9 Å². The van der Waals surface area contributed by atoms with Crippen LogP contribution in [-0.4, -0.2) is 19.1 Å². The van der Waals surface area contributed by atoms with E-state index in [1.54, 1.807) is 0 Å². The molecule has 0 saturated carbocycles. The highest BCUT2D eigenvalue weighted by atomic mass is 15.1. The molecule has 3 rings (SSSR count). The lowest BCUT2D eigenvalue weighted by Crippen LogP contribution is -2.08. The fourth-order valence-electron chi connectivity index (χ4n) is 3.09. The normalized spacial score (nSPS) is 10.4. The third kappa shape index (κ3) is 3.25. The first kappa shape index (κ1) is 17.5. The molecule has 2 N–H and O–H groups in total. The van der Waals surface area contributed by atoms with Crippen molar-refractivity contribution in [1.82, 2.24) is 4.98 Å². The highest BCUT2D eigenvalue weighted by Gasteiger charge is 2.14. The molecule has 26 heavy (non-hydrogen) atoms. The summed E-state index contributed by atoms with van der Waals surface area (Å²) in [7, 11) is 4.00. The van der Waals surface area contributed by atoms with Gasteiger partial charge in [0.05, 0.1) is 5.69 Å². The molecule has 0 saturated heterocycles. The third-order valence-corrected chi connectivity index (χ3v) is 4.51. The van der Waals surface area contributed by atoms with Gasteiger partial charge in [0.1, 0.15) is 17.5 Å². The van der Waals surface area contributed by atoms with E-state index in [4.69, 9.17) is 5.73 Å². The lowest BCUT2D eigenvalue weighted by Gasteiger charge is -2.15. The minimum Gasteiger partial charge on any atom is -0.383 e. The Bertz CT molecular complexity index is 996. The molecule has 130 valence electrons. The van der Waals surface area contributed by atoms with Crippen LogP contribution in [0.2, 0.25) is 0 Å². The van der Waals surface area contributed by atoms with E-state index in [0.717, 1.165) is 33.6 Å². The van der Waals surface area contributed by atoms with Crippen LogP contribution in [0.3, 0.4) is 0 Å². The number of aromatic nitrogens is 1. The van der Waals surface area contributed by atoms with Gasteiger partial charge in [-0.1, -0.05) is 35.9 Å². The van der Waals surface area contributed by atoms with Gasteiger partial charge < -0.3 is 10.6 Å². The zero-order valence-corrected chi connectivity index (χ0v) is 15.5. The molecular formula is C22H22N4. The lowest BCUT2D eigenvalue weighted by molar-refractivity contribution is 1.13. The molecule has 0 spiro atoms. The second kappa shape index (κ2) is 6.89. The molecule has 0 aliphatic carbocycles. The largest absolute Gasteiger partial charge is 0.383 e. The summed E-state index contributed by atoms with van der Waals surface area (Å²) < 4.78 is 0. The molecular weight excluding hydrogens is 320 g/mol. The van der Waals surface area contributed by atoms with Gasteiger partial charge in [0.25, 0.3) is 0 Å². The number of hydrogen-bond donors (Lipinski definition) is 1. The summed E-state index contributed by atoms with van der Waals surface area (Å²) in [4.78, 5) is 6.52. The van der Waals surface area contributed by atoms with Gasteiger partial charge >= 0.3 is 0 Å². The van der Waals surface area contributed by atoms with Crippen LogP contribution in [0.15, 0.2) is 48.5 Å². The van der Waals surface area contributed by atoms with Gasteiger partial charge in [0.15, 0.2) is 0 Å². The van der Waals surface area contributed by atoms with Crippen LogP contribution in [-0.2, 0) is 0 Å². The summed E-state index contributed by atoms with van der Waals surface area (Å²) >= 11 is 0. The number of nitriles is 1. The Balaban J connectivity index is 2.18. The highest BCUT2D eigenvalue weighted by Crippen LogP contribution is 2.33. The predicted octanol–water partition coefficient (Wildman–Crippen LogP) is 4.55. The molecule has 3 aromatic rings. The fourth-order valence-corrected chi connectivity index (χ4v) is 3.09. The molecule has 0 fully saturated rings. The second-order valence-electron chi connectivity index (χ2n) is 6.69. The van der Waals surface area contributed by atoms with Gasteiger partial charge in [-0.05, 0) is 43.2 Å². The number of pyridine rings is 1. The molecule has 1 heterocycles. The van der Waals surface area contributed by atoms with Gasteiger partial charge in [0, 0.05) is 30.9 Å². The SMILES string of the molecule is Cc1ccc(-c2cc(-c3ccc(N(C)C)cc3)c(C#N)c(N)n2)c(C)c1. The number of nitrogens with zero attached hydrogens (tertiary/aromatic N) is 3. The summed E-state index contributed by atoms with van der Waals surface area (Å²) in [6.07, 6.45) is 0. The minimum absolute atomic E-state index is 0.261. The maximum absolute atomic E-state index is 9.58. The van der Waals surface area contributed by atoms with Crippen molar-refractivity contribution in [2.24, 2.45) is 0 Å². The molecule has 1 aromatic heterocycles. The molecule has 0 aliphatic rings. The number of nitrogens with two attached hydrogens (primary N) is 1. The summed E-state index contributed by atoms with van der Waals surface area (Å²) in [5.74, 6) is 0.261. The number of anilines is 2. The van der Waals surface area contributed by atoms with Gasteiger partial charge in [-0.2, -0.15) is 5.26 Å². The summed E-state index contributed by atoms with van der Waals surface area (Å²) in [5.41, 5.74) is 13.5. The van der Waals surface area contributed by atoms with Crippen LogP contribution < -0.4 is 10.6 Å². The van der Waals surface area contributed by atoms with E-state index in [0.29, 0.717) is 5.56 Å². The van der Waals surface area contributed by atoms with Crippen molar-refractivity contribution in [3.05, 3.63) is 65.2 Å². The Morgan fingerprint density at radius 3 is 2.23 bits per heavy atom. The highest BCUT2D eigenvalue weighted by molar-refractivity contribution is 5.81. The molecule has 0 aliphatic heterocycles. The second-order valence-corrected chi connectivity index (χ2v) is 6.69. The summed E-state index contributed by atoms with van der Waals surface area (Å²) in [6, 6.07) is 18.5. The van der Waals surface area contributed by atoms with E-state index in [9.17, 15) is 5.26 Å². The molecule has 4 nitrogen and oxygen atoms in total. The van der Waals surface area contributed by atoms with Crippen molar-refractivity contribution >= 4 is 11.5 Å². The van der Waals surface area contributed by atoms with Gasteiger partial charge in [-0.25, -0.2) is 4.98 Å². The first-order chi connectivity index (χ1) is 12.4. The molecule has 0 radical (unpaired) electrons. The maximum atomic E-state index is 9.58. The average Bonchev–Trinajstić information content (AvgIpc) is 2.61. The van der Waals surface area contributed by atoms with Crippen molar-refractivity contribution < 1.29 is 0 Å². The first-order valence-electron chi connectivity index (χ1n) is 8.46. The Morgan fingerprint density at radius 1 is 0.962 bits per heavy atom. The smallest absolute Gasteiger partial charge is 0.142 e. The molecule has 4 heteroatoms. The predicted molar refractivity (Wildman–Crippen MR) is 108 cm³/mol. The lowest BCUT2D eigenvalue weighted by atomic mass is 9.96. The number of aryl methyl sites for hydroxylation is 2. The van der Waals surface area contributed by atoms with E-state index < -0.39 is 0 Å². The van der Waals surface area contributed by atoms with Crippen molar-refractivity contribution in [3.63, 3.8) is 0 Å². The summed E-state index contributed by atoms with van der Waals surface area (Å²) in [6.45, 7) is 4.12. The van der Waals surface area contributed by atoms with E-state index in [-0.39, 0.29) is 5.82 Å². The Morgan fingerprint density at radius 2 is 1.65 bits per heavy atom. The number of nitrogen functional groups attached to an aromatic ring is 1. The van der Waals surface area contributed by atoms with Crippen molar-refractivity contribution in [3.8, 4) is 28.5 Å². The third-order valence-electron chi connectivity index (χ3n) is 4.51. The molecule has 0 amide bonds. The maximum Gasteiger partial charge on any atom is 0.142 e. The molecule has 0 bridgehead atoms.